The van der Waals surface area contributed by atoms with E-state index >= 15 is 0 Å². The molecule has 2 aromatic carbocycles. The summed E-state index contributed by atoms with van der Waals surface area (Å²) in [5, 5.41) is 16.9. The van der Waals surface area contributed by atoms with E-state index in [9.17, 15) is 5.21 Å². The highest BCUT2D eigenvalue weighted by Gasteiger charge is 2.34. The van der Waals surface area contributed by atoms with Gasteiger partial charge >= 0.3 is 0 Å². The molecule has 0 spiro atoms. The van der Waals surface area contributed by atoms with E-state index in [4.69, 9.17) is 18.9 Å². The van der Waals surface area contributed by atoms with Crippen molar-refractivity contribution >= 4 is 5.71 Å². The maximum atomic E-state index is 9.63. The average Bonchev–Trinajstić information content (AvgIpc) is 2.78. The Morgan fingerprint density at radius 1 is 0.828 bits per heavy atom. The summed E-state index contributed by atoms with van der Waals surface area (Å²) in [7, 11) is 6.46. The van der Waals surface area contributed by atoms with Crippen molar-refractivity contribution in [1.82, 2.24) is 5.32 Å². The number of piperidine rings is 1. The fourth-order valence-electron chi connectivity index (χ4n) is 3.85. The monoisotopic (exact) mass is 400 g/mol. The molecule has 0 amide bonds. The highest BCUT2D eigenvalue weighted by atomic mass is 16.5. The molecule has 29 heavy (non-hydrogen) atoms. The smallest absolute Gasteiger partial charge is 0.161 e. The van der Waals surface area contributed by atoms with Crippen LogP contribution in [0, 0.1) is 5.92 Å². The van der Waals surface area contributed by atoms with Crippen LogP contribution >= 0.6 is 0 Å². The Kier molecular flexibility index (Phi) is 6.49. The zero-order valence-electron chi connectivity index (χ0n) is 17.4. The van der Waals surface area contributed by atoms with Crippen LogP contribution < -0.4 is 24.3 Å². The van der Waals surface area contributed by atoms with Crippen LogP contribution in [0.5, 0.6) is 23.0 Å². The molecule has 0 bridgehead atoms. The van der Waals surface area contributed by atoms with Crippen molar-refractivity contribution in [2.75, 3.05) is 28.4 Å². The molecule has 1 aliphatic rings. The predicted molar refractivity (Wildman–Crippen MR) is 111 cm³/mol. The molecular weight excluding hydrogens is 372 g/mol. The van der Waals surface area contributed by atoms with Gasteiger partial charge in [-0.25, -0.2) is 0 Å². The average molecular weight is 400 g/mol. The number of methoxy groups -OCH3 is 4. The summed E-state index contributed by atoms with van der Waals surface area (Å²) in [6, 6.07) is 11.6. The van der Waals surface area contributed by atoms with E-state index in [2.05, 4.69) is 10.5 Å². The summed E-state index contributed by atoms with van der Waals surface area (Å²) in [6.45, 7) is 2.05. The Balaban J connectivity index is 1.97. The molecule has 156 valence electrons. The van der Waals surface area contributed by atoms with Crippen LogP contribution in [-0.2, 0) is 0 Å². The van der Waals surface area contributed by atoms with Crippen molar-refractivity contribution in [3.05, 3.63) is 47.5 Å². The van der Waals surface area contributed by atoms with Gasteiger partial charge in [0.2, 0.25) is 0 Å². The topological polar surface area (TPSA) is 81.5 Å². The fraction of sp³-hybridized carbons (Fsp3) is 0.409. The van der Waals surface area contributed by atoms with E-state index in [1.165, 1.54) is 0 Å². The van der Waals surface area contributed by atoms with Crippen molar-refractivity contribution in [3.8, 4) is 23.0 Å². The summed E-state index contributed by atoms with van der Waals surface area (Å²) in [5.41, 5.74) is 2.80. The maximum absolute atomic E-state index is 9.63. The van der Waals surface area contributed by atoms with Crippen molar-refractivity contribution in [2.24, 2.45) is 11.1 Å². The van der Waals surface area contributed by atoms with Gasteiger partial charge in [0.1, 0.15) is 0 Å². The van der Waals surface area contributed by atoms with Gasteiger partial charge in [0, 0.05) is 24.4 Å². The third kappa shape index (κ3) is 4.10. The van der Waals surface area contributed by atoms with Gasteiger partial charge in [-0.05, 0) is 35.4 Å². The van der Waals surface area contributed by atoms with E-state index in [1.54, 1.807) is 28.4 Å². The quantitative estimate of drug-likeness (QED) is 0.564. The molecule has 3 atom stereocenters. The highest BCUT2D eigenvalue weighted by molar-refractivity contribution is 5.88. The second kappa shape index (κ2) is 9.05. The fourth-order valence-corrected chi connectivity index (χ4v) is 3.85. The first-order chi connectivity index (χ1) is 14.1. The molecule has 0 aromatic heterocycles. The van der Waals surface area contributed by atoms with Gasteiger partial charge in [-0.15, -0.1) is 0 Å². The minimum atomic E-state index is -0.0625. The van der Waals surface area contributed by atoms with Crippen LogP contribution in [0.25, 0.3) is 0 Å². The largest absolute Gasteiger partial charge is 0.493 e. The number of ether oxygens (including phenoxy) is 4. The van der Waals surface area contributed by atoms with Crippen molar-refractivity contribution in [3.63, 3.8) is 0 Å². The minimum absolute atomic E-state index is 0.00879. The zero-order valence-corrected chi connectivity index (χ0v) is 17.4. The van der Waals surface area contributed by atoms with E-state index in [-0.39, 0.29) is 18.0 Å². The number of nitrogens with one attached hydrogen (secondary N) is 1. The second-order valence-corrected chi connectivity index (χ2v) is 7.01. The minimum Gasteiger partial charge on any atom is -0.493 e. The Morgan fingerprint density at radius 3 is 1.86 bits per heavy atom. The maximum Gasteiger partial charge on any atom is 0.161 e. The molecular formula is C22H28N2O5. The van der Waals surface area contributed by atoms with Crippen molar-refractivity contribution in [2.45, 2.75) is 25.4 Å². The standard InChI is InChI=1S/C22H28N2O5/c1-13-16(24-25)12-17(14-6-8-18(26-2)20(10-14)28-4)23-22(13)15-7-9-19(27-3)21(11-15)29-5/h6-11,13,17,22-23,25H,12H2,1-5H3/b24-16+/t13-,17-,22-/m0/s1. The molecule has 7 nitrogen and oxygen atoms in total. The summed E-state index contributed by atoms with van der Waals surface area (Å²) < 4.78 is 21.6. The molecule has 0 radical (unpaired) electrons. The molecule has 1 fully saturated rings. The van der Waals surface area contributed by atoms with Crippen molar-refractivity contribution < 1.29 is 24.2 Å². The predicted octanol–water partition coefficient (Wildman–Crippen LogP) is 3.96. The van der Waals surface area contributed by atoms with Gasteiger partial charge in [-0.1, -0.05) is 24.2 Å². The van der Waals surface area contributed by atoms with Crippen molar-refractivity contribution in [1.29, 1.82) is 0 Å². The molecule has 2 aromatic rings. The summed E-state index contributed by atoms with van der Waals surface area (Å²) in [6.07, 6.45) is 0.594. The lowest BCUT2D eigenvalue weighted by atomic mass is 9.81. The van der Waals surface area contributed by atoms with Crippen LogP contribution in [0.2, 0.25) is 0 Å². The van der Waals surface area contributed by atoms with Gasteiger partial charge in [0.25, 0.3) is 0 Å². The number of hydrogen-bond acceptors (Lipinski definition) is 7. The van der Waals surface area contributed by atoms with Gasteiger partial charge in [0.05, 0.1) is 34.2 Å². The molecule has 0 saturated carbocycles. The van der Waals surface area contributed by atoms with Gasteiger partial charge in [-0.3, -0.25) is 0 Å². The van der Waals surface area contributed by atoms with Crippen LogP contribution in [-0.4, -0.2) is 39.4 Å². The molecule has 1 aliphatic heterocycles. The van der Waals surface area contributed by atoms with E-state index in [1.807, 2.05) is 43.3 Å². The first-order valence-corrected chi connectivity index (χ1v) is 9.47. The van der Waals surface area contributed by atoms with E-state index in [0.717, 1.165) is 16.8 Å². The molecule has 2 N–H and O–H groups in total. The number of oxime groups is 1. The summed E-state index contributed by atoms with van der Waals surface area (Å²) >= 11 is 0. The lowest BCUT2D eigenvalue weighted by Crippen LogP contribution is -2.41. The number of rotatable bonds is 6. The third-order valence-electron chi connectivity index (χ3n) is 5.52. The molecule has 0 aliphatic carbocycles. The lowest BCUT2D eigenvalue weighted by Gasteiger charge is -2.37. The molecule has 1 heterocycles. The molecule has 7 heteroatoms. The third-order valence-corrected chi connectivity index (χ3v) is 5.52. The highest BCUT2D eigenvalue weighted by Crippen LogP contribution is 2.40. The van der Waals surface area contributed by atoms with Crippen LogP contribution in [0.1, 0.15) is 36.6 Å². The Morgan fingerprint density at radius 2 is 1.34 bits per heavy atom. The first-order valence-electron chi connectivity index (χ1n) is 9.47. The normalized spacial score (nSPS) is 22.9. The Hall–Kier alpha value is -2.93. The van der Waals surface area contributed by atoms with Gasteiger partial charge in [-0.2, -0.15) is 0 Å². The molecule has 1 saturated heterocycles. The number of benzene rings is 2. The zero-order chi connectivity index (χ0) is 21.0. The Bertz CT molecular complexity index is 884. The van der Waals surface area contributed by atoms with E-state index in [0.29, 0.717) is 29.4 Å². The lowest BCUT2D eigenvalue weighted by molar-refractivity contribution is 0.293. The second-order valence-electron chi connectivity index (χ2n) is 7.01. The number of hydrogen-bond donors (Lipinski definition) is 2. The summed E-state index contributed by atoms with van der Waals surface area (Å²) in [5.74, 6) is 2.68. The van der Waals surface area contributed by atoms with E-state index < -0.39 is 0 Å². The van der Waals surface area contributed by atoms with Gasteiger partial charge in [0.15, 0.2) is 23.0 Å². The Labute approximate surface area is 171 Å². The summed E-state index contributed by atoms with van der Waals surface area (Å²) in [4.78, 5) is 0. The molecule has 0 unspecified atom stereocenters. The van der Waals surface area contributed by atoms with Gasteiger partial charge < -0.3 is 29.5 Å². The molecule has 3 rings (SSSR count). The number of nitrogens with zero attached hydrogens (tertiary/aromatic N) is 1. The van der Waals surface area contributed by atoms with Crippen LogP contribution in [0.15, 0.2) is 41.6 Å². The first kappa shape index (κ1) is 20.8. The van der Waals surface area contributed by atoms with Crippen LogP contribution in [0.3, 0.4) is 0 Å². The van der Waals surface area contributed by atoms with Crippen LogP contribution in [0.4, 0.5) is 0 Å². The SMILES string of the molecule is COc1ccc([C@@H]2C/C(=N\O)[C@H](C)[C@@H](c3ccc(OC)c(OC)c3)N2)cc1OC.